The van der Waals surface area contributed by atoms with Gasteiger partial charge in [-0.2, -0.15) is 0 Å². The summed E-state index contributed by atoms with van der Waals surface area (Å²) in [6.45, 7) is 9.77. The summed E-state index contributed by atoms with van der Waals surface area (Å²) in [5.41, 5.74) is 1.20. The molecule has 2 N–H and O–H groups in total. The van der Waals surface area contributed by atoms with Crippen molar-refractivity contribution in [3.05, 3.63) is 11.9 Å². The number of anilines is 2. The maximum Gasteiger partial charge on any atom is 0.134 e. The van der Waals surface area contributed by atoms with E-state index in [1.54, 1.807) is 6.33 Å². The maximum atomic E-state index is 4.44. The molecule has 0 saturated heterocycles. The van der Waals surface area contributed by atoms with Crippen LogP contribution in [-0.4, -0.2) is 22.6 Å². The Bertz CT molecular complexity index is 392. The number of nitrogens with zero attached hydrogens (tertiary/aromatic N) is 2. The molecule has 1 unspecified atom stereocenters. The van der Waals surface area contributed by atoms with E-state index in [-0.39, 0.29) is 0 Å². The quantitative estimate of drug-likeness (QED) is 0.584. The van der Waals surface area contributed by atoms with Crippen LogP contribution < -0.4 is 10.6 Å². The van der Waals surface area contributed by atoms with Crippen LogP contribution in [0.15, 0.2) is 6.33 Å². The van der Waals surface area contributed by atoms with E-state index < -0.39 is 0 Å². The van der Waals surface area contributed by atoms with E-state index in [9.17, 15) is 0 Å². The lowest BCUT2D eigenvalue weighted by Gasteiger charge is -2.18. The third-order valence-electron chi connectivity index (χ3n) is 3.72. The minimum atomic E-state index is 0.459. The zero-order valence-corrected chi connectivity index (χ0v) is 14.2. The minimum absolute atomic E-state index is 0.459. The highest BCUT2D eigenvalue weighted by Gasteiger charge is 2.11. The zero-order valence-electron chi connectivity index (χ0n) is 14.2. The predicted molar refractivity (Wildman–Crippen MR) is 92.0 cm³/mol. The molecule has 0 aromatic carbocycles. The standard InChI is InChI=1S/C17H32N4/c1-5-8-9-10-11-14(4)21-17-15(7-3)16(18-12-6-2)19-13-20-17/h13-14H,5-12H2,1-4H3,(H2,18,19,20,21). The Balaban J connectivity index is 2.60. The number of aromatic nitrogens is 2. The van der Waals surface area contributed by atoms with Crippen molar-refractivity contribution in [1.82, 2.24) is 9.97 Å². The van der Waals surface area contributed by atoms with Gasteiger partial charge in [0.05, 0.1) is 0 Å². The second kappa shape index (κ2) is 10.4. The van der Waals surface area contributed by atoms with Gasteiger partial charge in [-0.15, -0.1) is 0 Å². The van der Waals surface area contributed by atoms with Crippen LogP contribution in [0, 0.1) is 0 Å². The molecule has 0 aliphatic carbocycles. The van der Waals surface area contributed by atoms with E-state index in [4.69, 9.17) is 0 Å². The summed E-state index contributed by atoms with van der Waals surface area (Å²) in [6.07, 6.45) is 10.1. The summed E-state index contributed by atoms with van der Waals surface area (Å²) >= 11 is 0. The highest BCUT2D eigenvalue weighted by molar-refractivity contribution is 5.57. The first-order valence-electron chi connectivity index (χ1n) is 8.57. The van der Waals surface area contributed by atoms with Crippen molar-refractivity contribution in [2.24, 2.45) is 0 Å². The topological polar surface area (TPSA) is 49.8 Å². The van der Waals surface area contributed by atoms with Crippen LogP contribution in [0.3, 0.4) is 0 Å². The fraction of sp³-hybridized carbons (Fsp3) is 0.765. The number of nitrogens with one attached hydrogen (secondary N) is 2. The largest absolute Gasteiger partial charge is 0.370 e. The van der Waals surface area contributed by atoms with Gasteiger partial charge in [-0.25, -0.2) is 9.97 Å². The van der Waals surface area contributed by atoms with Crippen LogP contribution in [-0.2, 0) is 6.42 Å². The molecule has 0 spiro atoms. The fourth-order valence-corrected chi connectivity index (χ4v) is 2.45. The first kappa shape index (κ1) is 17.7. The average molecular weight is 292 g/mol. The van der Waals surface area contributed by atoms with E-state index in [2.05, 4.69) is 48.3 Å². The third-order valence-corrected chi connectivity index (χ3v) is 3.72. The molecule has 0 aliphatic rings. The monoisotopic (exact) mass is 292 g/mol. The molecule has 0 fully saturated rings. The van der Waals surface area contributed by atoms with Gasteiger partial charge in [-0.3, -0.25) is 0 Å². The van der Waals surface area contributed by atoms with Crippen LogP contribution in [0.1, 0.15) is 71.8 Å². The van der Waals surface area contributed by atoms with Gasteiger partial charge in [-0.1, -0.05) is 46.5 Å². The molecule has 0 saturated carbocycles. The summed E-state index contributed by atoms with van der Waals surface area (Å²) in [6, 6.07) is 0.459. The Hall–Kier alpha value is -1.32. The molecule has 1 heterocycles. The van der Waals surface area contributed by atoms with Crippen molar-refractivity contribution in [2.75, 3.05) is 17.2 Å². The van der Waals surface area contributed by atoms with E-state index in [0.29, 0.717) is 6.04 Å². The second-order valence-electron chi connectivity index (χ2n) is 5.72. The summed E-state index contributed by atoms with van der Waals surface area (Å²) in [5.74, 6) is 1.98. The normalized spacial score (nSPS) is 12.2. The Kier molecular flexibility index (Phi) is 8.79. The van der Waals surface area contributed by atoms with Crippen molar-refractivity contribution in [1.29, 1.82) is 0 Å². The summed E-state index contributed by atoms with van der Waals surface area (Å²) in [7, 11) is 0. The Morgan fingerprint density at radius 1 is 1.00 bits per heavy atom. The molecular formula is C17H32N4. The van der Waals surface area contributed by atoms with Gasteiger partial charge in [0, 0.05) is 18.2 Å². The van der Waals surface area contributed by atoms with Crippen molar-refractivity contribution >= 4 is 11.6 Å². The molecule has 1 aromatic rings. The molecule has 0 aliphatic heterocycles. The minimum Gasteiger partial charge on any atom is -0.370 e. The van der Waals surface area contributed by atoms with Crippen LogP contribution >= 0.6 is 0 Å². The fourth-order valence-electron chi connectivity index (χ4n) is 2.45. The van der Waals surface area contributed by atoms with E-state index >= 15 is 0 Å². The van der Waals surface area contributed by atoms with Gasteiger partial charge in [0.1, 0.15) is 18.0 Å². The van der Waals surface area contributed by atoms with Crippen LogP contribution in [0.25, 0.3) is 0 Å². The van der Waals surface area contributed by atoms with Gasteiger partial charge in [-0.05, 0) is 26.2 Å². The Morgan fingerprint density at radius 3 is 2.43 bits per heavy atom. The first-order chi connectivity index (χ1) is 10.2. The molecule has 4 nitrogen and oxygen atoms in total. The number of unbranched alkanes of at least 4 members (excludes halogenated alkanes) is 3. The third kappa shape index (κ3) is 6.32. The molecular weight excluding hydrogens is 260 g/mol. The van der Waals surface area contributed by atoms with Gasteiger partial charge < -0.3 is 10.6 Å². The average Bonchev–Trinajstić information content (AvgIpc) is 2.49. The molecule has 1 atom stereocenters. The molecule has 1 aromatic heterocycles. The maximum absolute atomic E-state index is 4.44. The van der Waals surface area contributed by atoms with Crippen LogP contribution in [0.5, 0.6) is 0 Å². The molecule has 21 heavy (non-hydrogen) atoms. The lowest BCUT2D eigenvalue weighted by molar-refractivity contribution is 0.592. The lowest BCUT2D eigenvalue weighted by Crippen LogP contribution is -2.18. The molecule has 0 amide bonds. The molecule has 0 bridgehead atoms. The van der Waals surface area contributed by atoms with Gasteiger partial charge in [0.15, 0.2) is 0 Å². The van der Waals surface area contributed by atoms with E-state index in [1.165, 1.54) is 37.7 Å². The summed E-state index contributed by atoms with van der Waals surface area (Å²) < 4.78 is 0. The molecule has 4 heteroatoms. The predicted octanol–water partition coefficient (Wildman–Crippen LogP) is 4.63. The zero-order chi connectivity index (χ0) is 15.5. The van der Waals surface area contributed by atoms with Crippen LogP contribution in [0.2, 0.25) is 0 Å². The van der Waals surface area contributed by atoms with Crippen molar-refractivity contribution < 1.29 is 0 Å². The van der Waals surface area contributed by atoms with Gasteiger partial charge in [0.2, 0.25) is 0 Å². The summed E-state index contributed by atoms with van der Waals surface area (Å²) in [5, 5.41) is 6.96. The number of hydrogen-bond donors (Lipinski definition) is 2. The van der Waals surface area contributed by atoms with Crippen molar-refractivity contribution in [3.63, 3.8) is 0 Å². The Morgan fingerprint density at radius 2 is 1.76 bits per heavy atom. The van der Waals surface area contributed by atoms with Gasteiger partial charge >= 0.3 is 0 Å². The Labute approximate surface area is 130 Å². The smallest absolute Gasteiger partial charge is 0.134 e. The highest BCUT2D eigenvalue weighted by Crippen LogP contribution is 2.22. The molecule has 0 radical (unpaired) electrons. The van der Waals surface area contributed by atoms with E-state index in [0.717, 1.165) is 31.0 Å². The second-order valence-corrected chi connectivity index (χ2v) is 5.72. The van der Waals surface area contributed by atoms with Crippen molar-refractivity contribution in [2.45, 2.75) is 78.7 Å². The van der Waals surface area contributed by atoms with Crippen LogP contribution in [0.4, 0.5) is 11.6 Å². The lowest BCUT2D eigenvalue weighted by atomic mass is 10.1. The SMILES string of the molecule is CCCCCCC(C)Nc1ncnc(NCCC)c1CC. The number of rotatable bonds is 11. The first-order valence-corrected chi connectivity index (χ1v) is 8.57. The van der Waals surface area contributed by atoms with Crippen molar-refractivity contribution in [3.8, 4) is 0 Å². The van der Waals surface area contributed by atoms with E-state index in [1.807, 2.05) is 0 Å². The molecule has 120 valence electrons. The highest BCUT2D eigenvalue weighted by atomic mass is 15.1. The molecule has 1 rings (SSSR count). The number of hydrogen-bond acceptors (Lipinski definition) is 4. The van der Waals surface area contributed by atoms with Gasteiger partial charge in [0.25, 0.3) is 0 Å². The summed E-state index contributed by atoms with van der Waals surface area (Å²) in [4.78, 5) is 8.82.